The number of hydrogen-bond donors (Lipinski definition) is 1. The molecule has 27 heavy (non-hydrogen) atoms. The van der Waals surface area contributed by atoms with Gasteiger partial charge in [0.25, 0.3) is 0 Å². The molecule has 0 heterocycles. The zero-order valence-electron chi connectivity index (χ0n) is 16.6. The Balaban J connectivity index is 2.60. The van der Waals surface area contributed by atoms with Crippen LogP contribution in [0.25, 0.3) is 0 Å². The summed E-state index contributed by atoms with van der Waals surface area (Å²) in [5.41, 5.74) is 0.204. The normalized spacial score (nSPS) is 12.2. The summed E-state index contributed by atoms with van der Waals surface area (Å²) in [6, 6.07) is 8.17. The number of ether oxygens (including phenoxy) is 3. The molecule has 0 fully saturated rings. The van der Waals surface area contributed by atoms with Gasteiger partial charge in [0.15, 0.2) is 0 Å². The molecular formula is C20H29NO6. The fourth-order valence-corrected chi connectivity index (χ4v) is 2.13. The average Bonchev–Trinajstić information content (AvgIpc) is 2.55. The summed E-state index contributed by atoms with van der Waals surface area (Å²) >= 11 is 0. The lowest BCUT2D eigenvalue weighted by molar-refractivity contribution is -0.155. The second kappa shape index (κ2) is 10.5. The molecule has 0 aliphatic rings. The van der Waals surface area contributed by atoms with Gasteiger partial charge in [-0.1, -0.05) is 30.3 Å². The summed E-state index contributed by atoms with van der Waals surface area (Å²) in [4.78, 5) is 36.1. The van der Waals surface area contributed by atoms with E-state index in [1.165, 1.54) is 0 Å². The molecule has 0 unspecified atom stereocenters. The Kier molecular flexibility index (Phi) is 8.78. The third-order valence-corrected chi connectivity index (χ3v) is 3.20. The van der Waals surface area contributed by atoms with Crippen LogP contribution in [0.3, 0.4) is 0 Å². The molecule has 150 valence electrons. The van der Waals surface area contributed by atoms with Crippen molar-refractivity contribution in [3.05, 3.63) is 35.9 Å². The third kappa shape index (κ3) is 10.2. The Morgan fingerprint density at radius 3 is 2.26 bits per heavy atom. The van der Waals surface area contributed by atoms with Crippen LogP contribution >= 0.6 is 0 Å². The van der Waals surface area contributed by atoms with Crippen molar-refractivity contribution in [2.45, 2.75) is 71.8 Å². The van der Waals surface area contributed by atoms with Crippen molar-refractivity contribution >= 4 is 18.0 Å². The van der Waals surface area contributed by atoms with Crippen LogP contribution in [0.5, 0.6) is 0 Å². The molecule has 1 atom stereocenters. The quantitative estimate of drug-likeness (QED) is 0.550. The number of carbonyl (C=O) groups is 3. The van der Waals surface area contributed by atoms with E-state index >= 15 is 0 Å². The maximum absolute atomic E-state index is 12.2. The molecule has 0 aliphatic heterocycles. The van der Waals surface area contributed by atoms with Gasteiger partial charge in [-0.25, -0.2) is 9.59 Å². The van der Waals surface area contributed by atoms with E-state index in [9.17, 15) is 14.4 Å². The minimum absolute atomic E-state index is 0.0336. The van der Waals surface area contributed by atoms with Gasteiger partial charge in [-0.2, -0.15) is 0 Å². The van der Waals surface area contributed by atoms with Crippen molar-refractivity contribution in [2.24, 2.45) is 0 Å². The smallest absolute Gasteiger partial charge is 0.408 e. The van der Waals surface area contributed by atoms with Crippen molar-refractivity contribution in [1.82, 2.24) is 5.32 Å². The van der Waals surface area contributed by atoms with Crippen LogP contribution in [-0.2, 0) is 30.4 Å². The summed E-state index contributed by atoms with van der Waals surface area (Å²) in [7, 11) is 0. The Morgan fingerprint density at radius 2 is 1.70 bits per heavy atom. The van der Waals surface area contributed by atoms with Gasteiger partial charge in [0.1, 0.15) is 18.2 Å². The van der Waals surface area contributed by atoms with Gasteiger partial charge in [0.2, 0.25) is 0 Å². The number of nitrogens with one attached hydrogen (secondary N) is 1. The highest BCUT2D eigenvalue weighted by Gasteiger charge is 2.26. The molecule has 0 aromatic heterocycles. The zero-order chi connectivity index (χ0) is 20.4. The van der Waals surface area contributed by atoms with Crippen LogP contribution in [0.4, 0.5) is 4.79 Å². The fraction of sp³-hybridized carbons (Fsp3) is 0.550. The van der Waals surface area contributed by atoms with Crippen LogP contribution < -0.4 is 5.32 Å². The predicted molar refractivity (Wildman–Crippen MR) is 99.9 cm³/mol. The van der Waals surface area contributed by atoms with E-state index in [-0.39, 0.29) is 25.6 Å². The van der Waals surface area contributed by atoms with Crippen molar-refractivity contribution in [3.63, 3.8) is 0 Å². The highest BCUT2D eigenvalue weighted by molar-refractivity contribution is 5.82. The molecule has 1 N–H and O–H groups in total. The van der Waals surface area contributed by atoms with Crippen molar-refractivity contribution in [3.8, 4) is 0 Å². The summed E-state index contributed by atoms with van der Waals surface area (Å²) in [6.07, 6.45) is -1.08. The van der Waals surface area contributed by atoms with Crippen LogP contribution in [-0.4, -0.2) is 35.8 Å². The Bertz CT molecular complexity index is 621. The molecule has 7 heteroatoms. The van der Waals surface area contributed by atoms with Crippen LogP contribution in [0.1, 0.15) is 53.0 Å². The standard InChI is InChI=1S/C20H29NO6/c1-14(2)26-18(23)16(11-12-17(22)27-20(3,4)5)21-19(24)25-13-15-9-7-6-8-10-15/h6-10,14,16H,11-13H2,1-5H3,(H,21,24)/t16-/m0/s1. The van der Waals surface area contributed by atoms with Gasteiger partial charge in [0, 0.05) is 6.42 Å². The van der Waals surface area contributed by atoms with E-state index in [1.807, 2.05) is 30.3 Å². The number of carbonyl (C=O) groups excluding carboxylic acids is 3. The molecule has 0 saturated carbocycles. The summed E-state index contributed by atoms with van der Waals surface area (Å²) in [6.45, 7) is 8.76. The van der Waals surface area contributed by atoms with E-state index in [0.717, 1.165) is 5.56 Å². The number of amides is 1. The topological polar surface area (TPSA) is 90.9 Å². The second-order valence-corrected chi connectivity index (χ2v) is 7.37. The number of rotatable bonds is 8. The van der Waals surface area contributed by atoms with Gasteiger partial charge in [-0.15, -0.1) is 0 Å². The van der Waals surface area contributed by atoms with Gasteiger partial charge in [0.05, 0.1) is 6.10 Å². The van der Waals surface area contributed by atoms with Gasteiger partial charge in [-0.3, -0.25) is 4.79 Å². The lowest BCUT2D eigenvalue weighted by Gasteiger charge is -2.21. The first-order valence-corrected chi connectivity index (χ1v) is 8.96. The molecule has 1 amide bonds. The molecule has 0 spiro atoms. The first kappa shape index (κ1) is 22.5. The number of benzene rings is 1. The monoisotopic (exact) mass is 379 g/mol. The van der Waals surface area contributed by atoms with E-state index in [0.29, 0.717) is 0 Å². The molecule has 0 aliphatic carbocycles. The molecule has 7 nitrogen and oxygen atoms in total. The first-order chi connectivity index (χ1) is 12.6. The minimum atomic E-state index is -0.997. The van der Waals surface area contributed by atoms with Crippen LogP contribution in [0.2, 0.25) is 0 Å². The highest BCUT2D eigenvalue weighted by atomic mass is 16.6. The lowest BCUT2D eigenvalue weighted by Crippen LogP contribution is -2.43. The molecule has 0 radical (unpaired) electrons. The summed E-state index contributed by atoms with van der Waals surface area (Å²) in [5, 5.41) is 2.47. The molecule has 0 bridgehead atoms. The number of esters is 2. The average molecular weight is 379 g/mol. The lowest BCUT2D eigenvalue weighted by atomic mass is 10.1. The Hall–Kier alpha value is -2.57. The predicted octanol–water partition coefficient (Wildman–Crippen LogP) is 3.35. The van der Waals surface area contributed by atoms with Crippen molar-refractivity contribution < 1.29 is 28.6 Å². The van der Waals surface area contributed by atoms with Gasteiger partial charge in [-0.05, 0) is 46.6 Å². The fourth-order valence-electron chi connectivity index (χ4n) is 2.13. The third-order valence-electron chi connectivity index (χ3n) is 3.20. The van der Waals surface area contributed by atoms with Crippen LogP contribution in [0, 0.1) is 0 Å². The molecule has 1 aromatic carbocycles. The van der Waals surface area contributed by atoms with Crippen molar-refractivity contribution in [2.75, 3.05) is 0 Å². The molecular weight excluding hydrogens is 350 g/mol. The SMILES string of the molecule is CC(C)OC(=O)[C@H](CCC(=O)OC(C)(C)C)NC(=O)OCc1ccccc1. The molecule has 1 rings (SSSR count). The maximum atomic E-state index is 12.2. The highest BCUT2D eigenvalue weighted by Crippen LogP contribution is 2.11. The van der Waals surface area contributed by atoms with Gasteiger partial charge >= 0.3 is 18.0 Å². The first-order valence-electron chi connectivity index (χ1n) is 8.96. The maximum Gasteiger partial charge on any atom is 0.408 e. The Labute approximate surface area is 160 Å². The van der Waals surface area contributed by atoms with Crippen molar-refractivity contribution in [1.29, 1.82) is 0 Å². The minimum Gasteiger partial charge on any atom is -0.461 e. The number of hydrogen-bond acceptors (Lipinski definition) is 6. The van der Waals surface area contributed by atoms with E-state index in [2.05, 4.69) is 5.32 Å². The van der Waals surface area contributed by atoms with Gasteiger partial charge < -0.3 is 19.5 Å². The number of alkyl carbamates (subject to hydrolysis) is 1. The van der Waals surface area contributed by atoms with Crippen LogP contribution in [0.15, 0.2) is 30.3 Å². The second-order valence-electron chi connectivity index (χ2n) is 7.37. The molecule has 0 saturated heterocycles. The zero-order valence-corrected chi connectivity index (χ0v) is 16.6. The van der Waals surface area contributed by atoms with E-state index in [1.54, 1.807) is 34.6 Å². The largest absolute Gasteiger partial charge is 0.461 e. The summed E-state index contributed by atoms with van der Waals surface area (Å²) < 4.78 is 15.5. The van der Waals surface area contributed by atoms with E-state index < -0.39 is 29.7 Å². The van der Waals surface area contributed by atoms with E-state index in [4.69, 9.17) is 14.2 Å². The summed E-state index contributed by atoms with van der Waals surface area (Å²) in [5.74, 6) is -1.07. The molecule has 1 aromatic rings. The Morgan fingerprint density at radius 1 is 1.07 bits per heavy atom.